The number of aromatic amines is 1. The lowest BCUT2D eigenvalue weighted by atomic mass is 10.1. The number of nitrogens with zero attached hydrogens (tertiary/aromatic N) is 5. The van der Waals surface area contributed by atoms with Crippen LogP contribution >= 0.6 is 0 Å². The van der Waals surface area contributed by atoms with Crippen LogP contribution in [0.1, 0.15) is 25.2 Å². The molecule has 0 spiro atoms. The monoisotopic (exact) mass is 433 g/mol. The molecule has 0 saturated carbocycles. The average molecular weight is 433 g/mol. The van der Waals surface area contributed by atoms with Crippen LogP contribution in [0, 0.1) is 11.6 Å². The quantitative estimate of drug-likeness (QED) is 0.436. The molecule has 5 aromatic rings. The van der Waals surface area contributed by atoms with E-state index in [0.29, 0.717) is 40.4 Å². The highest BCUT2D eigenvalue weighted by Crippen LogP contribution is 2.26. The summed E-state index contributed by atoms with van der Waals surface area (Å²) in [6.45, 7) is 1.92. The van der Waals surface area contributed by atoms with Gasteiger partial charge in [0.15, 0.2) is 11.5 Å². The van der Waals surface area contributed by atoms with Crippen LogP contribution in [0.25, 0.3) is 27.8 Å². The first kappa shape index (κ1) is 19.7. The number of anilines is 1. The van der Waals surface area contributed by atoms with Gasteiger partial charge in [-0.05, 0) is 42.8 Å². The Kier molecular flexibility index (Phi) is 4.81. The Hall–Kier alpha value is -4.21. The second-order valence-electron chi connectivity index (χ2n) is 7.18. The highest BCUT2D eigenvalue weighted by atomic mass is 19.1. The second kappa shape index (κ2) is 7.80. The van der Waals surface area contributed by atoms with Crippen molar-refractivity contribution in [1.29, 1.82) is 0 Å². The van der Waals surface area contributed by atoms with Crippen LogP contribution in [0.5, 0.6) is 0 Å². The molecular weight excluding hydrogens is 416 g/mol. The number of imidazole rings is 1. The van der Waals surface area contributed by atoms with Gasteiger partial charge in [-0.3, -0.25) is 9.36 Å². The van der Waals surface area contributed by atoms with Crippen molar-refractivity contribution >= 4 is 27.9 Å². The van der Waals surface area contributed by atoms with E-state index < -0.39 is 23.2 Å². The maximum absolute atomic E-state index is 14.0. The zero-order valence-electron chi connectivity index (χ0n) is 16.9. The number of halogens is 2. The summed E-state index contributed by atoms with van der Waals surface area (Å²) in [5.74, 6) is -0.231. The Morgan fingerprint density at radius 3 is 2.75 bits per heavy atom. The summed E-state index contributed by atoms with van der Waals surface area (Å²) < 4.78 is 29.2. The molecule has 0 amide bonds. The van der Waals surface area contributed by atoms with Crippen molar-refractivity contribution in [2.24, 2.45) is 0 Å². The van der Waals surface area contributed by atoms with Gasteiger partial charge >= 0.3 is 0 Å². The van der Waals surface area contributed by atoms with Crippen molar-refractivity contribution in [3.63, 3.8) is 0 Å². The molecule has 32 heavy (non-hydrogen) atoms. The molecule has 3 aromatic heterocycles. The fourth-order valence-corrected chi connectivity index (χ4v) is 3.66. The van der Waals surface area contributed by atoms with E-state index in [9.17, 15) is 13.6 Å². The zero-order valence-corrected chi connectivity index (χ0v) is 16.9. The molecule has 1 atom stereocenters. The summed E-state index contributed by atoms with van der Waals surface area (Å²) in [6.07, 6.45) is 3.42. The van der Waals surface area contributed by atoms with Crippen molar-refractivity contribution in [3.05, 3.63) is 82.9 Å². The average Bonchev–Trinajstić information content (AvgIpc) is 3.27. The summed E-state index contributed by atoms with van der Waals surface area (Å²) in [7, 11) is 0. The molecule has 3 heterocycles. The van der Waals surface area contributed by atoms with Crippen molar-refractivity contribution < 1.29 is 8.78 Å². The molecular formula is C22H17F2N7O. The number of H-pyrrole nitrogens is 1. The Morgan fingerprint density at radius 1 is 1.09 bits per heavy atom. The number of hydrogen-bond acceptors (Lipinski definition) is 6. The molecule has 0 bridgehead atoms. The third-order valence-corrected chi connectivity index (χ3v) is 5.18. The summed E-state index contributed by atoms with van der Waals surface area (Å²) in [6, 6.07) is 8.98. The van der Waals surface area contributed by atoms with E-state index in [1.54, 1.807) is 6.07 Å². The summed E-state index contributed by atoms with van der Waals surface area (Å²) in [4.78, 5) is 33.6. The van der Waals surface area contributed by atoms with Crippen molar-refractivity contribution in [2.75, 3.05) is 5.32 Å². The predicted molar refractivity (Wildman–Crippen MR) is 116 cm³/mol. The number of benzene rings is 2. The first-order valence-corrected chi connectivity index (χ1v) is 9.94. The van der Waals surface area contributed by atoms with E-state index in [1.807, 2.05) is 6.92 Å². The van der Waals surface area contributed by atoms with Gasteiger partial charge in [0.2, 0.25) is 0 Å². The predicted octanol–water partition coefficient (Wildman–Crippen LogP) is 3.89. The van der Waals surface area contributed by atoms with E-state index in [1.165, 1.54) is 47.6 Å². The molecule has 5 rings (SSSR count). The van der Waals surface area contributed by atoms with E-state index in [4.69, 9.17) is 0 Å². The summed E-state index contributed by atoms with van der Waals surface area (Å²) >= 11 is 0. The van der Waals surface area contributed by atoms with Gasteiger partial charge in [0.1, 0.15) is 29.3 Å². The van der Waals surface area contributed by atoms with E-state index >= 15 is 0 Å². The molecule has 0 saturated heterocycles. The Balaban J connectivity index is 1.74. The van der Waals surface area contributed by atoms with Gasteiger partial charge in [0.05, 0.1) is 29.0 Å². The van der Waals surface area contributed by atoms with Crippen LogP contribution in [0.15, 0.2) is 59.9 Å². The van der Waals surface area contributed by atoms with Crippen molar-refractivity contribution in [1.82, 2.24) is 29.5 Å². The smallest absolute Gasteiger partial charge is 0.266 e. The van der Waals surface area contributed by atoms with Gasteiger partial charge in [-0.25, -0.2) is 28.7 Å². The minimum Gasteiger partial charge on any atom is -0.358 e. The van der Waals surface area contributed by atoms with Gasteiger partial charge in [-0.2, -0.15) is 0 Å². The number of rotatable bonds is 5. The second-order valence-corrected chi connectivity index (χ2v) is 7.18. The molecule has 0 radical (unpaired) electrons. The lowest BCUT2D eigenvalue weighted by molar-refractivity contribution is 0.620. The highest BCUT2D eigenvalue weighted by molar-refractivity contribution is 5.82. The maximum atomic E-state index is 14.0. The summed E-state index contributed by atoms with van der Waals surface area (Å²) in [5, 5.41) is 3.39. The molecule has 0 unspecified atom stereocenters. The van der Waals surface area contributed by atoms with Crippen LogP contribution in [0.3, 0.4) is 0 Å². The van der Waals surface area contributed by atoms with Crippen LogP contribution in [0.2, 0.25) is 0 Å². The van der Waals surface area contributed by atoms with Crippen LogP contribution in [-0.4, -0.2) is 29.5 Å². The zero-order chi connectivity index (χ0) is 22.2. The van der Waals surface area contributed by atoms with Crippen molar-refractivity contribution in [2.45, 2.75) is 19.4 Å². The molecule has 0 aliphatic rings. The fourth-order valence-electron chi connectivity index (χ4n) is 3.66. The maximum Gasteiger partial charge on any atom is 0.266 e. The first-order valence-electron chi connectivity index (χ1n) is 9.94. The van der Waals surface area contributed by atoms with Gasteiger partial charge < -0.3 is 10.3 Å². The van der Waals surface area contributed by atoms with E-state index in [0.717, 1.165) is 6.07 Å². The van der Waals surface area contributed by atoms with E-state index in [2.05, 4.69) is 30.2 Å². The number of nitrogens with one attached hydrogen (secondary N) is 2. The Labute approximate surface area is 180 Å². The standard InChI is InChI=1S/C22H17F2N7O/c1-2-16(29-20-18-19(26-10-25-18)27-11-28-20)21-30-17-7-6-13(24)9-15(17)22(32)31(21)14-5-3-4-12(23)8-14/h3-11,16H,2H2,1H3,(H2,25,26,27,28,29)/t16-/m1/s1. The lowest BCUT2D eigenvalue weighted by Crippen LogP contribution is -2.28. The molecule has 0 aliphatic heterocycles. The first-order chi connectivity index (χ1) is 15.5. The largest absolute Gasteiger partial charge is 0.358 e. The molecule has 160 valence electrons. The SMILES string of the molecule is CC[C@@H](Nc1ncnc2nc[nH]c12)c1nc2ccc(F)cc2c(=O)n1-c1cccc(F)c1. The number of aromatic nitrogens is 6. The van der Waals surface area contributed by atoms with Crippen LogP contribution in [0.4, 0.5) is 14.6 Å². The molecule has 10 heteroatoms. The topological polar surface area (TPSA) is 101 Å². The molecule has 0 aliphatic carbocycles. The minimum atomic E-state index is -0.553. The third kappa shape index (κ3) is 3.35. The van der Waals surface area contributed by atoms with Crippen LogP contribution in [-0.2, 0) is 0 Å². The van der Waals surface area contributed by atoms with Gasteiger partial charge in [0, 0.05) is 0 Å². The van der Waals surface area contributed by atoms with Gasteiger partial charge in [0.25, 0.3) is 5.56 Å². The molecule has 8 nitrogen and oxygen atoms in total. The van der Waals surface area contributed by atoms with Gasteiger partial charge in [-0.1, -0.05) is 13.0 Å². The fraction of sp³-hybridized carbons (Fsp3) is 0.136. The van der Waals surface area contributed by atoms with Gasteiger partial charge in [-0.15, -0.1) is 0 Å². The molecule has 0 fully saturated rings. The molecule has 2 N–H and O–H groups in total. The van der Waals surface area contributed by atoms with Crippen molar-refractivity contribution in [3.8, 4) is 5.69 Å². The Bertz CT molecular complexity index is 1510. The lowest BCUT2D eigenvalue weighted by Gasteiger charge is -2.22. The van der Waals surface area contributed by atoms with Crippen LogP contribution < -0.4 is 10.9 Å². The highest BCUT2D eigenvalue weighted by Gasteiger charge is 2.22. The summed E-state index contributed by atoms with van der Waals surface area (Å²) in [5.41, 5.74) is 1.23. The number of fused-ring (bicyclic) bond motifs is 2. The Morgan fingerprint density at radius 2 is 1.94 bits per heavy atom. The van der Waals surface area contributed by atoms with E-state index in [-0.39, 0.29) is 5.39 Å². The third-order valence-electron chi connectivity index (χ3n) is 5.18. The number of hydrogen-bond donors (Lipinski definition) is 2. The molecule has 2 aromatic carbocycles. The normalized spacial score (nSPS) is 12.3. The minimum absolute atomic E-state index is 0.103.